The highest BCUT2D eigenvalue weighted by Gasteiger charge is 2.31. The number of ether oxygens (including phenoxy) is 1. The molecule has 10 heteroatoms. The first-order valence-electron chi connectivity index (χ1n) is 10.1. The molecule has 2 N–H and O–H groups in total. The standard InChI is InChI=1S/C21H26F3N5O2/c1-29(2)18-10-11-25-20(28-18)27-16-8-6-14(7-9-16)13-26-19(30)15-4-3-5-17(12-15)31-21(22,23)24/h3-5,10-12,14,16H,6-9,13H2,1-2H3,(H,26,30)(H,25,27,28). The molecular weight excluding hydrogens is 411 g/mol. The highest BCUT2D eigenvalue weighted by molar-refractivity contribution is 5.94. The molecule has 0 spiro atoms. The van der Waals surface area contributed by atoms with Crippen molar-refractivity contribution < 1.29 is 22.7 Å². The first kappa shape index (κ1) is 22.6. The van der Waals surface area contributed by atoms with E-state index in [1.54, 1.807) is 6.20 Å². The summed E-state index contributed by atoms with van der Waals surface area (Å²) in [5.41, 5.74) is 0.134. The maximum atomic E-state index is 12.4. The number of nitrogens with one attached hydrogen (secondary N) is 2. The minimum absolute atomic E-state index is 0.134. The van der Waals surface area contributed by atoms with Crippen LogP contribution in [0.3, 0.4) is 0 Å². The molecular formula is C21H26F3N5O2. The van der Waals surface area contributed by atoms with Gasteiger partial charge in [-0.1, -0.05) is 6.07 Å². The van der Waals surface area contributed by atoms with Crippen molar-refractivity contribution in [3.63, 3.8) is 0 Å². The van der Waals surface area contributed by atoms with Crippen molar-refractivity contribution in [2.45, 2.75) is 38.1 Å². The Kier molecular flexibility index (Phi) is 7.19. The van der Waals surface area contributed by atoms with Gasteiger partial charge in [0.1, 0.15) is 11.6 Å². The number of aromatic nitrogens is 2. The number of alkyl halides is 3. The first-order chi connectivity index (χ1) is 14.7. The zero-order valence-corrected chi connectivity index (χ0v) is 17.4. The molecule has 168 valence electrons. The third kappa shape index (κ3) is 7.01. The van der Waals surface area contributed by atoms with Crippen molar-refractivity contribution >= 4 is 17.7 Å². The van der Waals surface area contributed by atoms with E-state index in [-0.39, 0.29) is 11.6 Å². The van der Waals surface area contributed by atoms with Gasteiger partial charge in [-0.25, -0.2) is 4.98 Å². The van der Waals surface area contributed by atoms with Crippen LogP contribution < -0.4 is 20.3 Å². The number of rotatable bonds is 7. The molecule has 1 fully saturated rings. The Balaban J connectivity index is 1.45. The van der Waals surface area contributed by atoms with Crippen LogP contribution in [-0.2, 0) is 0 Å². The van der Waals surface area contributed by atoms with Crippen molar-refractivity contribution in [1.82, 2.24) is 15.3 Å². The monoisotopic (exact) mass is 437 g/mol. The van der Waals surface area contributed by atoms with Crippen LogP contribution >= 0.6 is 0 Å². The van der Waals surface area contributed by atoms with Crippen LogP contribution in [0, 0.1) is 5.92 Å². The van der Waals surface area contributed by atoms with E-state index in [4.69, 9.17) is 0 Å². The van der Waals surface area contributed by atoms with Gasteiger partial charge in [0, 0.05) is 38.4 Å². The molecule has 1 aliphatic carbocycles. The van der Waals surface area contributed by atoms with Crippen molar-refractivity contribution in [3.8, 4) is 5.75 Å². The van der Waals surface area contributed by atoms with Gasteiger partial charge in [-0.3, -0.25) is 4.79 Å². The fourth-order valence-electron chi connectivity index (χ4n) is 3.53. The summed E-state index contributed by atoms with van der Waals surface area (Å²) in [6, 6.07) is 7.18. The number of amides is 1. The van der Waals surface area contributed by atoms with Gasteiger partial charge in [-0.05, 0) is 55.9 Å². The molecule has 2 aromatic rings. The van der Waals surface area contributed by atoms with E-state index in [9.17, 15) is 18.0 Å². The molecule has 7 nitrogen and oxygen atoms in total. The van der Waals surface area contributed by atoms with Crippen molar-refractivity contribution in [1.29, 1.82) is 0 Å². The smallest absolute Gasteiger partial charge is 0.406 e. The normalized spacial score (nSPS) is 18.9. The van der Waals surface area contributed by atoms with E-state index in [0.29, 0.717) is 18.4 Å². The molecule has 1 aromatic heterocycles. The molecule has 31 heavy (non-hydrogen) atoms. The molecule has 0 unspecified atom stereocenters. The van der Waals surface area contributed by atoms with E-state index in [2.05, 4.69) is 25.3 Å². The van der Waals surface area contributed by atoms with Crippen LogP contribution in [-0.4, -0.2) is 48.9 Å². The maximum Gasteiger partial charge on any atom is 0.573 e. The summed E-state index contributed by atoms with van der Waals surface area (Å²) in [6.45, 7) is 0.475. The SMILES string of the molecule is CN(C)c1ccnc(NC2CCC(CNC(=O)c3cccc(OC(F)(F)F)c3)CC2)n1. The molecule has 3 rings (SSSR count). The van der Waals surface area contributed by atoms with E-state index >= 15 is 0 Å². The van der Waals surface area contributed by atoms with Crippen LogP contribution in [0.4, 0.5) is 24.9 Å². The van der Waals surface area contributed by atoms with Gasteiger partial charge in [0.15, 0.2) is 0 Å². The van der Waals surface area contributed by atoms with Gasteiger partial charge in [0.05, 0.1) is 0 Å². The lowest BCUT2D eigenvalue weighted by Crippen LogP contribution is -2.34. The molecule has 1 aromatic carbocycles. The average molecular weight is 437 g/mol. The molecule has 1 heterocycles. The van der Waals surface area contributed by atoms with Crippen LogP contribution in [0.5, 0.6) is 5.75 Å². The zero-order chi connectivity index (χ0) is 22.4. The average Bonchev–Trinajstić information content (AvgIpc) is 2.72. The lowest BCUT2D eigenvalue weighted by Gasteiger charge is -2.29. The lowest BCUT2D eigenvalue weighted by atomic mass is 9.86. The largest absolute Gasteiger partial charge is 0.573 e. The summed E-state index contributed by atoms with van der Waals surface area (Å²) in [6.07, 6.45) is 0.613. The Morgan fingerprint density at radius 2 is 1.94 bits per heavy atom. The quantitative estimate of drug-likeness (QED) is 0.685. The number of benzene rings is 1. The van der Waals surface area contributed by atoms with Gasteiger partial charge in [-0.2, -0.15) is 4.98 Å². The van der Waals surface area contributed by atoms with Gasteiger partial charge in [0.25, 0.3) is 5.91 Å². The number of anilines is 2. The Bertz CT molecular complexity index is 883. The van der Waals surface area contributed by atoms with E-state index < -0.39 is 18.0 Å². The highest BCUT2D eigenvalue weighted by Crippen LogP contribution is 2.26. The fraction of sp³-hybridized carbons (Fsp3) is 0.476. The minimum atomic E-state index is -4.79. The zero-order valence-electron chi connectivity index (χ0n) is 17.4. The number of halogens is 3. The lowest BCUT2D eigenvalue weighted by molar-refractivity contribution is -0.274. The van der Waals surface area contributed by atoms with E-state index in [0.717, 1.165) is 43.6 Å². The topological polar surface area (TPSA) is 79.4 Å². The van der Waals surface area contributed by atoms with Crippen LogP contribution in [0.25, 0.3) is 0 Å². The Morgan fingerprint density at radius 1 is 1.19 bits per heavy atom. The minimum Gasteiger partial charge on any atom is -0.406 e. The van der Waals surface area contributed by atoms with Crippen LogP contribution in [0.15, 0.2) is 36.5 Å². The van der Waals surface area contributed by atoms with E-state index in [1.165, 1.54) is 12.1 Å². The number of hydrogen-bond donors (Lipinski definition) is 2. The van der Waals surface area contributed by atoms with Crippen molar-refractivity contribution in [2.24, 2.45) is 5.92 Å². The summed E-state index contributed by atoms with van der Waals surface area (Å²) in [4.78, 5) is 23.0. The number of carbonyl (C=O) groups excluding carboxylic acids is 1. The van der Waals surface area contributed by atoms with Gasteiger partial charge < -0.3 is 20.3 Å². The third-order valence-corrected chi connectivity index (χ3v) is 5.16. The molecule has 0 atom stereocenters. The predicted molar refractivity (Wildman–Crippen MR) is 111 cm³/mol. The van der Waals surface area contributed by atoms with Crippen molar-refractivity contribution in [2.75, 3.05) is 30.9 Å². The highest BCUT2D eigenvalue weighted by atomic mass is 19.4. The molecule has 0 saturated heterocycles. The predicted octanol–water partition coefficient (Wildman–Crippen LogP) is 3.84. The summed E-state index contributed by atoms with van der Waals surface area (Å²) in [5.74, 6) is 0.919. The second kappa shape index (κ2) is 9.84. The summed E-state index contributed by atoms with van der Waals surface area (Å²) in [7, 11) is 3.84. The first-order valence-corrected chi connectivity index (χ1v) is 10.1. The van der Waals surface area contributed by atoms with Gasteiger partial charge in [-0.15, -0.1) is 13.2 Å². The molecule has 0 radical (unpaired) electrons. The summed E-state index contributed by atoms with van der Waals surface area (Å²) in [5, 5.41) is 6.19. The Hall–Kier alpha value is -3.04. The molecule has 1 saturated carbocycles. The second-order valence-corrected chi connectivity index (χ2v) is 7.78. The van der Waals surface area contributed by atoms with Crippen LogP contribution in [0.1, 0.15) is 36.0 Å². The molecule has 1 aliphatic rings. The number of nitrogens with zero attached hydrogens (tertiary/aromatic N) is 3. The summed E-state index contributed by atoms with van der Waals surface area (Å²) < 4.78 is 40.9. The maximum absolute atomic E-state index is 12.4. The van der Waals surface area contributed by atoms with Crippen LogP contribution in [0.2, 0.25) is 0 Å². The van der Waals surface area contributed by atoms with Gasteiger partial charge in [0.2, 0.25) is 5.95 Å². The second-order valence-electron chi connectivity index (χ2n) is 7.78. The third-order valence-electron chi connectivity index (χ3n) is 5.16. The summed E-state index contributed by atoms with van der Waals surface area (Å²) >= 11 is 0. The van der Waals surface area contributed by atoms with Gasteiger partial charge >= 0.3 is 6.36 Å². The van der Waals surface area contributed by atoms with Crippen molar-refractivity contribution in [3.05, 3.63) is 42.1 Å². The Morgan fingerprint density at radius 3 is 2.61 bits per heavy atom. The molecule has 0 aliphatic heterocycles. The molecule has 0 bridgehead atoms. The van der Waals surface area contributed by atoms with E-state index in [1.807, 2.05) is 25.1 Å². The number of carbonyl (C=O) groups is 1. The number of hydrogen-bond acceptors (Lipinski definition) is 6. The molecule has 1 amide bonds. The Labute approximate surface area is 179 Å². The fourth-order valence-corrected chi connectivity index (χ4v) is 3.53.